The zero-order valence-corrected chi connectivity index (χ0v) is 17.1. The molecule has 4 N–H and O–H groups in total. The average Bonchev–Trinajstić information content (AvgIpc) is 2.61. The monoisotopic (exact) mass is 413 g/mol. The number of rotatable bonds is 5. The maximum atomic E-state index is 10.9. The van der Waals surface area contributed by atoms with Gasteiger partial charge in [0.1, 0.15) is 5.69 Å². The molecule has 0 aliphatic heterocycles. The molecule has 0 saturated heterocycles. The Morgan fingerprint density at radius 3 is 2.38 bits per heavy atom. The van der Waals surface area contributed by atoms with E-state index in [4.69, 9.17) is 20.8 Å². The minimum atomic E-state index is -0.570. The first-order chi connectivity index (χ1) is 11.1. The second-order valence-electron chi connectivity index (χ2n) is 3.93. The van der Waals surface area contributed by atoms with E-state index >= 15 is 0 Å². The molecule has 24 heavy (non-hydrogen) atoms. The summed E-state index contributed by atoms with van der Waals surface area (Å²) in [4.78, 5) is 19.0. The van der Waals surface area contributed by atoms with E-state index in [1.807, 2.05) is 20.8 Å². The number of nitrogens with zero attached hydrogens (tertiary/aromatic N) is 1. The fourth-order valence-electron chi connectivity index (χ4n) is 1.51. The van der Waals surface area contributed by atoms with Gasteiger partial charge in [0.25, 0.3) is 5.91 Å². The first kappa shape index (κ1) is 25.1. The van der Waals surface area contributed by atoms with Gasteiger partial charge >= 0.3 is 0 Å². The zero-order valence-electron chi connectivity index (χ0n) is 14.2. The number of pyridine rings is 1. The van der Waals surface area contributed by atoms with Gasteiger partial charge in [0.2, 0.25) is 0 Å². The third-order valence-electron chi connectivity index (χ3n) is 2.46. The summed E-state index contributed by atoms with van der Waals surface area (Å²) in [5.74, 6) is -0.254. The van der Waals surface area contributed by atoms with Crippen molar-refractivity contribution in [3.63, 3.8) is 0 Å². The summed E-state index contributed by atoms with van der Waals surface area (Å²) in [6.45, 7) is 7.20. The number of carbonyl (C=O) groups excluding carboxylic acids is 1. The molecule has 0 bridgehead atoms. The molecule has 1 aromatic heterocycles. The Morgan fingerprint density at radius 2 is 1.92 bits per heavy atom. The quantitative estimate of drug-likeness (QED) is 0.394. The Kier molecular flexibility index (Phi) is 16.1. The first-order valence-electron chi connectivity index (χ1n) is 7.33. The van der Waals surface area contributed by atoms with Gasteiger partial charge in [-0.05, 0) is 31.2 Å². The summed E-state index contributed by atoms with van der Waals surface area (Å²) < 4.78 is 4.73. The molecule has 0 aliphatic carbocycles. The van der Waals surface area contributed by atoms with E-state index < -0.39 is 5.91 Å². The molecular formula is C16H24N2O5Y. The predicted octanol–water partition coefficient (Wildman–Crippen LogP) is 2.22. The van der Waals surface area contributed by atoms with Gasteiger partial charge in [-0.3, -0.25) is 4.79 Å². The molecule has 131 valence electrons. The second kappa shape index (κ2) is 15.4. The largest absolute Gasteiger partial charge is 0.394 e. The van der Waals surface area contributed by atoms with Crippen molar-refractivity contribution in [2.75, 3.05) is 19.8 Å². The van der Waals surface area contributed by atoms with Crippen molar-refractivity contribution in [2.24, 2.45) is 5.73 Å². The van der Waals surface area contributed by atoms with Crippen molar-refractivity contribution in [2.45, 2.75) is 20.8 Å². The summed E-state index contributed by atoms with van der Waals surface area (Å²) in [6, 6.07) is 7.98. The van der Waals surface area contributed by atoms with Crippen LogP contribution in [0.25, 0.3) is 10.9 Å². The Labute approximate surface area is 167 Å². The predicted molar refractivity (Wildman–Crippen MR) is 88.4 cm³/mol. The van der Waals surface area contributed by atoms with E-state index in [-0.39, 0.29) is 45.0 Å². The molecular weight excluding hydrogens is 389 g/mol. The van der Waals surface area contributed by atoms with E-state index in [1.54, 1.807) is 24.3 Å². The van der Waals surface area contributed by atoms with Crippen LogP contribution in [0, 0.1) is 0 Å². The van der Waals surface area contributed by atoms with E-state index in [1.165, 1.54) is 6.07 Å². The Morgan fingerprint density at radius 1 is 1.25 bits per heavy atom. The third kappa shape index (κ3) is 9.25. The number of aliphatic hydroxyl groups excluding tert-OH is 1. The summed E-state index contributed by atoms with van der Waals surface area (Å²) in [5, 5.41) is 17.3. The number of fused-ring (bicyclic) bond motifs is 1. The number of aliphatic hydroxyl groups is 1. The van der Waals surface area contributed by atoms with Gasteiger partial charge in [-0.25, -0.2) is 10.2 Å². The number of primary amides is 1. The number of nitrogens with two attached hydrogens (primary N) is 1. The number of amides is 1. The molecule has 0 fully saturated rings. The molecule has 1 heterocycles. The van der Waals surface area contributed by atoms with Gasteiger partial charge in [-0.1, -0.05) is 19.9 Å². The van der Waals surface area contributed by atoms with Crippen LogP contribution in [-0.2, 0) is 37.4 Å². The molecule has 0 aliphatic rings. The van der Waals surface area contributed by atoms with Crippen LogP contribution < -0.4 is 10.6 Å². The van der Waals surface area contributed by atoms with Crippen molar-refractivity contribution in [3.05, 3.63) is 36.0 Å². The maximum absolute atomic E-state index is 10.9. The minimum absolute atomic E-state index is 0. The number of aromatic nitrogens is 1. The normalized spacial score (nSPS) is 8.88. The standard InChI is InChI=1S/C10H8N2O3.C4H10O2.C2H6.Y/c11-10(13)9-3-1-6-5-7(15-14)2-4-8(6)12-9;1-2-6-4-3-5;1-2;/h1-5,14H,(H2,11,13);5H,2-4H2,1H3;1-2H3;. The summed E-state index contributed by atoms with van der Waals surface area (Å²) in [6.07, 6.45) is 0. The zero-order chi connectivity index (χ0) is 17.7. The van der Waals surface area contributed by atoms with Crippen LogP contribution in [-0.4, -0.2) is 41.1 Å². The van der Waals surface area contributed by atoms with Crippen molar-refractivity contribution in [3.8, 4) is 5.75 Å². The van der Waals surface area contributed by atoms with E-state index in [2.05, 4.69) is 9.87 Å². The van der Waals surface area contributed by atoms with Crippen LogP contribution in [0.15, 0.2) is 30.3 Å². The number of benzene rings is 1. The van der Waals surface area contributed by atoms with E-state index in [9.17, 15) is 4.79 Å². The van der Waals surface area contributed by atoms with Crippen molar-refractivity contribution in [1.29, 1.82) is 0 Å². The first-order valence-corrected chi connectivity index (χ1v) is 7.33. The third-order valence-corrected chi connectivity index (χ3v) is 2.46. The fraction of sp³-hybridized carbons (Fsp3) is 0.375. The van der Waals surface area contributed by atoms with Crippen LogP contribution in [0.3, 0.4) is 0 Å². The molecule has 0 atom stereocenters. The average molecular weight is 413 g/mol. The van der Waals surface area contributed by atoms with Crippen molar-refractivity contribution >= 4 is 16.8 Å². The van der Waals surface area contributed by atoms with Crippen LogP contribution in [0.2, 0.25) is 0 Å². The Balaban J connectivity index is 0. The SMILES string of the molecule is CC.CCOCCO.NC(=O)c1ccc2cc(OO)ccc2n1.[Y]. The molecule has 2 aromatic rings. The van der Waals surface area contributed by atoms with Crippen LogP contribution in [0.1, 0.15) is 31.3 Å². The number of hydrogen-bond acceptors (Lipinski definition) is 6. The Hall–Kier alpha value is -1.12. The van der Waals surface area contributed by atoms with Crippen molar-refractivity contribution in [1.82, 2.24) is 4.98 Å². The van der Waals surface area contributed by atoms with Crippen molar-refractivity contribution < 1.29 is 57.5 Å². The topological polar surface area (TPSA) is 115 Å². The second-order valence-corrected chi connectivity index (χ2v) is 3.93. The van der Waals surface area contributed by atoms with Gasteiger partial charge < -0.3 is 20.5 Å². The molecule has 1 amide bonds. The summed E-state index contributed by atoms with van der Waals surface area (Å²) in [7, 11) is 0. The minimum Gasteiger partial charge on any atom is -0.394 e. The fourth-order valence-corrected chi connectivity index (χ4v) is 1.51. The van der Waals surface area contributed by atoms with E-state index in [0.717, 1.165) is 5.39 Å². The molecule has 8 heteroatoms. The van der Waals surface area contributed by atoms with Crippen LogP contribution in [0.5, 0.6) is 5.75 Å². The van der Waals surface area contributed by atoms with E-state index in [0.29, 0.717) is 24.5 Å². The van der Waals surface area contributed by atoms with Gasteiger partial charge in [0.15, 0.2) is 5.75 Å². The molecule has 0 saturated carbocycles. The summed E-state index contributed by atoms with van der Waals surface area (Å²) >= 11 is 0. The molecule has 1 radical (unpaired) electrons. The molecule has 7 nitrogen and oxygen atoms in total. The van der Waals surface area contributed by atoms with Gasteiger partial charge in [0, 0.05) is 44.7 Å². The van der Waals surface area contributed by atoms with Gasteiger partial charge in [-0.15, -0.1) is 0 Å². The molecule has 2 rings (SSSR count). The summed E-state index contributed by atoms with van der Waals surface area (Å²) in [5.41, 5.74) is 5.92. The molecule has 0 spiro atoms. The number of hydrogen-bond donors (Lipinski definition) is 3. The number of carbonyl (C=O) groups is 1. The van der Waals surface area contributed by atoms with Gasteiger partial charge in [-0.2, -0.15) is 0 Å². The van der Waals surface area contributed by atoms with Crippen LogP contribution in [0.4, 0.5) is 0 Å². The number of ether oxygens (including phenoxy) is 1. The smallest absolute Gasteiger partial charge is 0.267 e. The van der Waals surface area contributed by atoms with Gasteiger partial charge in [0.05, 0.1) is 18.7 Å². The van der Waals surface area contributed by atoms with Crippen LogP contribution >= 0.6 is 0 Å². The molecule has 0 unspecified atom stereocenters. The Bertz CT molecular complexity index is 592. The molecule has 1 aromatic carbocycles. The maximum Gasteiger partial charge on any atom is 0.267 e.